The quantitative estimate of drug-likeness (QED) is 0.797. The van der Waals surface area contributed by atoms with Crippen LogP contribution in [0.5, 0.6) is 0 Å². The second kappa shape index (κ2) is 7.61. The lowest BCUT2D eigenvalue weighted by Crippen LogP contribution is -2.24. The first kappa shape index (κ1) is 16.0. The summed E-state index contributed by atoms with van der Waals surface area (Å²) in [4.78, 5) is 0. The van der Waals surface area contributed by atoms with Gasteiger partial charge in [0.25, 0.3) is 0 Å². The highest BCUT2D eigenvalue weighted by Gasteiger charge is 2.13. The van der Waals surface area contributed by atoms with Crippen molar-refractivity contribution in [1.82, 2.24) is 20.1 Å². The molecule has 0 spiro atoms. The molecule has 21 heavy (non-hydrogen) atoms. The van der Waals surface area contributed by atoms with Gasteiger partial charge in [-0.25, -0.2) is 0 Å². The highest BCUT2D eigenvalue weighted by atomic mass is 32.2. The Morgan fingerprint density at radius 1 is 1.24 bits per heavy atom. The second-order valence-corrected chi connectivity index (χ2v) is 6.45. The van der Waals surface area contributed by atoms with Gasteiger partial charge >= 0.3 is 0 Å². The summed E-state index contributed by atoms with van der Waals surface area (Å²) in [7, 11) is 1.98. The summed E-state index contributed by atoms with van der Waals surface area (Å²) in [5.74, 6) is 0.954. The minimum Gasteiger partial charge on any atom is -0.312 e. The van der Waals surface area contributed by atoms with Crippen molar-refractivity contribution in [3.05, 3.63) is 41.2 Å². The number of rotatable bonds is 7. The Hall–Kier alpha value is -1.33. The molecule has 114 valence electrons. The number of thioether (sulfide) groups is 1. The molecule has 1 atom stereocenters. The van der Waals surface area contributed by atoms with Gasteiger partial charge in [-0.15, -0.1) is 10.2 Å². The van der Waals surface area contributed by atoms with Crippen LogP contribution in [0.3, 0.4) is 0 Å². The number of hydrogen-bond acceptors (Lipinski definition) is 4. The first-order chi connectivity index (χ1) is 10.1. The van der Waals surface area contributed by atoms with E-state index in [2.05, 4.69) is 54.5 Å². The molecule has 2 rings (SSSR count). The maximum Gasteiger partial charge on any atom is 0.190 e. The van der Waals surface area contributed by atoms with Gasteiger partial charge in [0.05, 0.1) is 0 Å². The van der Waals surface area contributed by atoms with Gasteiger partial charge in [-0.2, -0.15) is 0 Å². The van der Waals surface area contributed by atoms with Crippen LogP contribution in [0.15, 0.2) is 29.7 Å². The molecule has 0 bridgehead atoms. The summed E-state index contributed by atoms with van der Waals surface area (Å²) in [6, 6.07) is 7.11. The molecule has 0 saturated heterocycles. The normalized spacial score (nSPS) is 12.6. The number of aromatic nitrogens is 3. The second-order valence-electron chi connectivity index (χ2n) is 5.46. The Morgan fingerprint density at radius 3 is 2.52 bits per heavy atom. The van der Waals surface area contributed by atoms with Crippen molar-refractivity contribution < 1.29 is 0 Å². The number of aryl methyl sites for hydroxylation is 3. The van der Waals surface area contributed by atoms with E-state index in [0.29, 0.717) is 6.04 Å². The molecule has 2 aromatic rings. The fourth-order valence-electron chi connectivity index (χ4n) is 2.36. The van der Waals surface area contributed by atoms with Crippen molar-refractivity contribution >= 4 is 11.8 Å². The first-order valence-corrected chi connectivity index (χ1v) is 8.37. The van der Waals surface area contributed by atoms with Gasteiger partial charge in [-0.1, -0.05) is 48.0 Å². The van der Waals surface area contributed by atoms with E-state index in [1.807, 2.05) is 11.6 Å². The van der Waals surface area contributed by atoms with Crippen LogP contribution >= 0.6 is 11.8 Å². The maximum atomic E-state index is 4.14. The Morgan fingerprint density at radius 2 is 1.95 bits per heavy atom. The third-order valence-corrected chi connectivity index (χ3v) is 4.46. The van der Waals surface area contributed by atoms with Gasteiger partial charge in [0.2, 0.25) is 0 Å². The van der Waals surface area contributed by atoms with Gasteiger partial charge in [0.1, 0.15) is 6.33 Å². The molecule has 0 aliphatic heterocycles. The summed E-state index contributed by atoms with van der Waals surface area (Å²) in [6.45, 7) is 7.53. The predicted molar refractivity (Wildman–Crippen MR) is 88.7 cm³/mol. The first-order valence-electron chi connectivity index (χ1n) is 7.38. The van der Waals surface area contributed by atoms with E-state index in [0.717, 1.165) is 23.9 Å². The van der Waals surface area contributed by atoms with Crippen molar-refractivity contribution in [3.8, 4) is 0 Å². The average Bonchev–Trinajstić information content (AvgIpc) is 2.83. The van der Waals surface area contributed by atoms with E-state index in [1.54, 1.807) is 18.1 Å². The molecule has 1 heterocycles. The zero-order valence-corrected chi connectivity index (χ0v) is 14.1. The van der Waals surface area contributed by atoms with Crippen molar-refractivity contribution in [2.75, 3.05) is 12.3 Å². The average molecular weight is 304 g/mol. The summed E-state index contributed by atoms with van der Waals surface area (Å²) in [5, 5.41) is 12.7. The SMILES string of the molecule is CCCNC(CSc1nncn1C)c1cc(C)cc(C)c1. The molecule has 4 nitrogen and oxygen atoms in total. The zero-order valence-electron chi connectivity index (χ0n) is 13.3. The highest BCUT2D eigenvalue weighted by molar-refractivity contribution is 7.99. The number of hydrogen-bond donors (Lipinski definition) is 1. The van der Waals surface area contributed by atoms with Gasteiger partial charge in [-0.05, 0) is 32.4 Å². The molecule has 0 radical (unpaired) electrons. The van der Waals surface area contributed by atoms with Crippen molar-refractivity contribution in [3.63, 3.8) is 0 Å². The minimum absolute atomic E-state index is 0.338. The molecule has 0 aliphatic rings. The van der Waals surface area contributed by atoms with E-state index >= 15 is 0 Å². The van der Waals surface area contributed by atoms with Gasteiger partial charge < -0.3 is 9.88 Å². The van der Waals surface area contributed by atoms with Crippen LogP contribution in [0.2, 0.25) is 0 Å². The third-order valence-electron chi connectivity index (χ3n) is 3.34. The van der Waals surface area contributed by atoms with Gasteiger partial charge in [0.15, 0.2) is 5.16 Å². The fourth-order valence-corrected chi connectivity index (χ4v) is 3.35. The molecule has 0 saturated carbocycles. The van der Waals surface area contributed by atoms with Crippen molar-refractivity contribution in [1.29, 1.82) is 0 Å². The van der Waals surface area contributed by atoms with E-state index in [4.69, 9.17) is 0 Å². The third kappa shape index (κ3) is 4.58. The molecule has 1 N–H and O–H groups in total. The van der Waals surface area contributed by atoms with Crippen LogP contribution in [0.25, 0.3) is 0 Å². The standard InChI is InChI=1S/C16H24N4S/c1-5-6-17-15(10-21-16-19-18-11-20(16)4)14-8-12(2)7-13(3)9-14/h7-9,11,15,17H,5-6,10H2,1-4H3. The number of nitrogens with zero attached hydrogens (tertiary/aromatic N) is 3. The minimum atomic E-state index is 0.338. The number of nitrogens with one attached hydrogen (secondary N) is 1. The molecular weight excluding hydrogens is 280 g/mol. The van der Waals surface area contributed by atoms with Crippen LogP contribution in [0.1, 0.15) is 36.1 Å². The van der Waals surface area contributed by atoms with Crippen LogP contribution in [0.4, 0.5) is 0 Å². The summed E-state index contributed by atoms with van der Waals surface area (Å²) < 4.78 is 1.96. The Balaban J connectivity index is 2.11. The Kier molecular flexibility index (Phi) is 5.82. The molecule has 5 heteroatoms. The van der Waals surface area contributed by atoms with Crippen molar-refractivity contribution in [2.45, 2.75) is 38.4 Å². The molecule has 0 amide bonds. The van der Waals surface area contributed by atoms with Crippen LogP contribution in [-0.4, -0.2) is 27.1 Å². The molecular formula is C16H24N4S. The predicted octanol–water partition coefficient (Wildman–Crippen LogP) is 3.26. The van der Waals surface area contributed by atoms with Gasteiger partial charge in [0, 0.05) is 18.8 Å². The summed E-state index contributed by atoms with van der Waals surface area (Å²) in [6.07, 6.45) is 2.88. The fraction of sp³-hybridized carbons (Fsp3) is 0.500. The maximum absolute atomic E-state index is 4.14. The number of benzene rings is 1. The Bertz CT molecular complexity index is 559. The van der Waals surface area contributed by atoms with E-state index < -0.39 is 0 Å². The van der Waals surface area contributed by atoms with E-state index in [-0.39, 0.29) is 0 Å². The zero-order chi connectivity index (χ0) is 15.2. The van der Waals surface area contributed by atoms with Crippen LogP contribution in [-0.2, 0) is 7.05 Å². The van der Waals surface area contributed by atoms with Crippen LogP contribution < -0.4 is 5.32 Å². The summed E-state index contributed by atoms with van der Waals surface area (Å²) >= 11 is 1.75. The molecule has 1 unspecified atom stereocenters. The Labute approximate surface area is 131 Å². The monoisotopic (exact) mass is 304 g/mol. The lowest BCUT2D eigenvalue weighted by Gasteiger charge is -2.19. The topological polar surface area (TPSA) is 42.7 Å². The smallest absolute Gasteiger partial charge is 0.190 e. The molecule has 1 aromatic heterocycles. The molecule has 0 aliphatic carbocycles. The van der Waals surface area contributed by atoms with Crippen molar-refractivity contribution in [2.24, 2.45) is 7.05 Å². The summed E-state index contributed by atoms with van der Waals surface area (Å²) in [5.41, 5.74) is 3.99. The largest absolute Gasteiger partial charge is 0.312 e. The lowest BCUT2D eigenvalue weighted by molar-refractivity contribution is 0.576. The molecule has 1 aromatic carbocycles. The van der Waals surface area contributed by atoms with Gasteiger partial charge in [-0.3, -0.25) is 0 Å². The van der Waals surface area contributed by atoms with E-state index in [1.165, 1.54) is 16.7 Å². The highest BCUT2D eigenvalue weighted by Crippen LogP contribution is 2.24. The lowest BCUT2D eigenvalue weighted by atomic mass is 10.0. The van der Waals surface area contributed by atoms with E-state index in [9.17, 15) is 0 Å². The molecule has 0 fully saturated rings. The van der Waals surface area contributed by atoms with Crippen LogP contribution in [0, 0.1) is 13.8 Å².